The van der Waals surface area contributed by atoms with Crippen molar-refractivity contribution in [2.24, 2.45) is 17.6 Å². The molecule has 5 N–H and O–H groups in total. The highest BCUT2D eigenvalue weighted by Gasteiger charge is 2.60. The largest absolute Gasteiger partial charge is 0.477 e. The molecule has 0 radical (unpaired) electrons. The number of thioether (sulfide) groups is 1. The molecule has 14 nitrogen and oxygen atoms in total. The monoisotopic (exact) mass is 547 g/mol. The number of carboxylic acid groups (broad SMARTS) is 1. The highest BCUT2D eigenvalue weighted by Crippen LogP contribution is 2.51. The third-order valence-corrected chi connectivity index (χ3v) is 9.54. The highest BCUT2D eigenvalue weighted by atomic mass is 32.2. The summed E-state index contributed by atoms with van der Waals surface area (Å²) >= 11 is 1.44. The summed E-state index contributed by atoms with van der Waals surface area (Å²) in [7, 11) is 0. The van der Waals surface area contributed by atoms with Crippen LogP contribution in [0.4, 0.5) is 0 Å². The Balaban J connectivity index is 1.24. The zero-order valence-electron chi connectivity index (χ0n) is 21.3. The zero-order valence-corrected chi connectivity index (χ0v) is 22.1. The van der Waals surface area contributed by atoms with E-state index < -0.39 is 17.9 Å². The van der Waals surface area contributed by atoms with Gasteiger partial charge in [-0.15, -0.1) is 16.9 Å². The van der Waals surface area contributed by atoms with E-state index in [1.165, 1.54) is 27.7 Å². The van der Waals surface area contributed by atoms with E-state index in [1.54, 1.807) is 6.92 Å². The Morgan fingerprint density at radius 1 is 1.37 bits per heavy atom. The summed E-state index contributed by atoms with van der Waals surface area (Å²) in [5, 5.41) is 26.8. The van der Waals surface area contributed by atoms with Crippen molar-refractivity contribution < 1.29 is 24.3 Å². The molecule has 38 heavy (non-hydrogen) atoms. The minimum atomic E-state index is -1.15. The lowest BCUT2D eigenvalue weighted by atomic mass is 9.78. The van der Waals surface area contributed by atoms with E-state index in [2.05, 4.69) is 26.2 Å². The number of tetrazole rings is 1. The highest BCUT2D eigenvalue weighted by molar-refractivity contribution is 8.03. The van der Waals surface area contributed by atoms with Crippen LogP contribution in [0.15, 0.2) is 16.9 Å². The van der Waals surface area contributed by atoms with E-state index in [9.17, 15) is 24.3 Å². The van der Waals surface area contributed by atoms with Gasteiger partial charge in [0.2, 0.25) is 17.7 Å². The van der Waals surface area contributed by atoms with Crippen LogP contribution in [0.2, 0.25) is 0 Å². The summed E-state index contributed by atoms with van der Waals surface area (Å²) in [6.45, 7) is 5.32. The maximum atomic E-state index is 13.1. The summed E-state index contributed by atoms with van der Waals surface area (Å²) in [4.78, 5) is 54.8. The minimum Gasteiger partial charge on any atom is -0.477 e. The third-order valence-electron chi connectivity index (χ3n) is 8.03. The van der Waals surface area contributed by atoms with Crippen molar-refractivity contribution in [2.45, 2.75) is 69.1 Å². The Morgan fingerprint density at radius 3 is 2.84 bits per heavy atom. The number of carbonyl (C=O) groups excluding carboxylic acids is 3. The van der Waals surface area contributed by atoms with E-state index in [0.717, 1.165) is 12.8 Å². The summed E-state index contributed by atoms with van der Waals surface area (Å²) in [6, 6.07) is -1.11. The van der Waals surface area contributed by atoms with Gasteiger partial charge in [0.1, 0.15) is 18.6 Å². The number of aliphatic carboxylic acids is 1. The molecular formula is C23H33N9O5S. The van der Waals surface area contributed by atoms with Crippen molar-refractivity contribution in [1.82, 2.24) is 40.6 Å². The summed E-state index contributed by atoms with van der Waals surface area (Å²) in [6.07, 6.45) is 3.77. The van der Waals surface area contributed by atoms with Crippen molar-refractivity contribution >= 4 is 35.5 Å². The SMILES string of the molecule is C[C@@H](NC(=O)Cn1cnnn1)[C@H]1C(=O)N2C(C(=O)O)=C(S[C@@H]3CN[C@H](C(=O)N4CCCC4CN)C3)[C@H](C)[C@H]12. The number of rotatable bonds is 9. The lowest BCUT2D eigenvalue weighted by Gasteiger charge is -2.47. The van der Waals surface area contributed by atoms with Crippen LogP contribution < -0.4 is 16.4 Å². The Labute approximate surface area is 223 Å². The van der Waals surface area contributed by atoms with E-state index in [4.69, 9.17) is 5.73 Å². The molecule has 1 aromatic rings. The smallest absolute Gasteiger partial charge is 0.353 e. The molecule has 4 aliphatic heterocycles. The fraction of sp³-hybridized carbons (Fsp3) is 0.696. The van der Waals surface area contributed by atoms with Gasteiger partial charge in [-0.2, -0.15) is 0 Å². The second-order valence-corrected chi connectivity index (χ2v) is 11.7. The number of nitrogens with one attached hydrogen (secondary N) is 2. The van der Waals surface area contributed by atoms with Gasteiger partial charge < -0.3 is 31.3 Å². The van der Waals surface area contributed by atoms with Crippen LogP contribution in [0, 0.1) is 11.8 Å². The van der Waals surface area contributed by atoms with E-state index in [1.807, 2.05) is 11.8 Å². The van der Waals surface area contributed by atoms with Crippen LogP contribution in [0.25, 0.3) is 0 Å². The molecule has 206 valence electrons. The molecule has 3 amide bonds. The predicted molar refractivity (Wildman–Crippen MR) is 135 cm³/mol. The van der Waals surface area contributed by atoms with Crippen molar-refractivity contribution in [2.75, 3.05) is 19.6 Å². The molecule has 0 spiro atoms. The number of β-lactam (4-membered cyclic amide) rings is 1. The van der Waals surface area contributed by atoms with Crippen molar-refractivity contribution in [3.8, 4) is 0 Å². The topological polar surface area (TPSA) is 189 Å². The summed E-state index contributed by atoms with van der Waals surface area (Å²) in [5.74, 6) is -2.52. The fourth-order valence-electron chi connectivity index (χ4n) is 6.22. The maximum Gasteiger partial charge on any atom is 0.353 e. The van der Waals surface area contributed by atoms with Crippen LogP contribution in [0.1, 0.15) is 33.1 Å². The first-order valence-electron chi connectivity index (χ1n) is 12.9. The number of carboxylic acids is 1. The number of carbonyl (C=O) groups is 4. The van der Waals surface area contributed by atoms with E-state index in [-0.39, 0.29) is 59.3 Å². The predicted octanol–water partition coefficient (Wildman–Crippen LogP) is -1.64. The molecule has 1 aromatic heterocycles. The first-order chi connectivity index (χ1) is 18.2. The average Bonchev–Trinajstić information content (AvgIpc) is 3.66. The Kier molecular flexibility index (Phi) is 7.42. The van der Waals surface area contributed by atoms with Gasteiger partial charge in [-0.25, -0.2) is 9.48 Å². The maximum absolute atomic E-state index is 13.1. The zero-order chi connectivity index (χ0) is 27.1. The molecule has 3 saturated heterocycles. The molecule has 0 aliphatic carbocycles. The first kappa shape index (κ1) is 26.6. The van der Waals surface area contributed by atoms with Gasteiger partial charge in [0.05, 0.1) is 18.0 Å². The van der Waals surface area contributed by atoms with E-state index in [0.29, 0.717) is 31.0 Å². The number of fused-ring (bicyclic) bond motifs is 1. The first-order valence-corrected chi connectivity index (χ1v) is 13.8. The molecular weight excluding hydrogens is 514 g/mol. The number of nitrogens with two attached hydrogens (primary N) is 1. The van der Waals surface area contributed by atoms with Gasteiger partial charge in [0, 0.05) is 47.8 Å². The van der Waals surface area contributed by atoms with Crippen molar-refractivity contribution in [3.05, 3.63) is 16.9 Å². The number of hydrogen-bond donors (Lipinski definition) is 4. The van der Waals surface area contributed by atoms with Crippen LogP contribution in [-0.4, -0.2) is 108 Å². The fourth-order valence-corrected chi connectivity index (χ4v) is 7.70. The van der Waals surface area contributed by atoms with Crippen molar-refractivity contribution in [3.63, 3.8) is 0 Å². The lowest BCUT2D eigenvalue weighted by Crippen LogP contribution is -2.66. The standard InChI is InChI=1S/C23H33N9O5S/c1-11-18-17(12(2)27-16(33)9-30-10-26-28-29-30)22(35)32(18)19(23(36)37)20(11)38-14-6-15(25-8-14)21(34)31-5-3-4-13(31)7-24/h10-15,17-18,25H,3-9,24H2,1-2H3,(H,27,33)(H,36,37)/t11-,12-,13?,14+,15+,17-,18-/m1/s1. The average molecular weight is 548 g/mol. The number of likely N-dealkylation sites (tertiary alicyclic amines) is 1. The number of nitrogens with zero attached hydrogens (tertiary/aromatic N) is 6. The minimum absolute atomic E-state index is 0.00431. The summed E-state index contributed by atoms with van der Waals surface area (Å²) < 4.78 is 1.28. The van der Waals surface area contributed by atoms with Gasteiger partial charge >= 0.3 is 5.97 Å². The van der Waals surface area contributed by atoms with Crippen molar-refractivity contribution in [1.29, 1.82) is 0 Å². The summed E-state index contributed by atoms with van der Waals surface area (Å²) in [5.41, 5.74) is 5.86. The molecule has 0 bridgehead atoms. The van der Waals surface area contributed by atoms with Gasteiger partial charge in [0.25, 0.3) is 0 Å². The molecule has 15 heteroatoms. The molecule has 5 heterocycles. The normalized spacial score (nSPS) is 31.4. The Morgan fingerprint density at radius 2 is 2.16 bits per heavy atom. The quantitative estimate of drug-likeness (QED) is 0.260. The number of aromatic nitrogens is 4. The van der Waals surface area contributed by atoms with Gasteiger partial charge in [-0.3, -0.25) is 14.4 Å². The molecule has 3 fully saturated rings. The second-order valence-electron chi connectivity index (χ2n) is 10.4. The molecule has 0 aromatic carbocycles. The molecule has 0 saturated carbocycles. The second kappa shape index (κ2) is 10.6. The third kappa shape index (κ3) is 4.66. The molecule has 7 atom stereocenters. The Bertz CT molecular complexity index is 1140. The van der Waals surface area contributed by atoms with Gasteiger partial charge in [-0.05, 0) is 36.6 Å². The number of hydrogen-bond acceptors (Lipinski definition) is 10. The van der Waals surface area contributed by atoms with Gasteiger partial charge in [0.15, 0.2) is 0 Å². The van der Waals surface area contributed by atoms with Crippen LogP contribution in [0.3, 0.4) is 0 Å². The molecule has 1 unspecified atom stereocenters. The van der Waals surface area contributed by atoms with Crippen LogP contribution in [-0.2, 0) is 25.7 Å². The molecule has 4 aliphatic rings. The van der Waals surface area contributed by atoms with Crippen LogP contribution >= 0.6 is 11.8 Å². The van der Waals surface area contributed by atoms with Gasteiger partial charge in [-0.1, -0.05) is 6.92 Å². The van der Waals surface area contributed by atoms with Crippen LogP contribution in [0.5, 0.6) is 0 Å². The van der Waals surface area contributed by atoms with E-state index >= 15 is 0 Å². The lowest BCUT2D eigenvalue weighted by molar-refractivity contribution is -0.158. The Hall–Kier alpha value is -3.04. The molecule has 5 rings (SSSR count). The number of amides is 3.